The Morgan fingerprint density at radius 1 is 1.36 bits per heavy atom. The van der Waals surface area contributed by atoms with Gasteiger partial charge in [0.05, 0.1) is 12.3 Å². The van der Waals surface area contributed by atoms with Crippen molar-refractivity contribution in [3.05, 3.63) is 23.8 Å². The van der Waals surface area contributed by atoms with Gasteiger partial charge >= 0.3 is 0 Å². The van der Waals surface area contributed by atoms with E-state index in [-0.39, 0.29) is 5.91 Å². The molecule has 0 saturated heterocycles. The quantitative estimate of drug-likeness (QED) is 0.513. The zero-order valence-corrected chi connectivity index (χ0v) is 14.2. The van der Waals surface area contributed by atoms with Crippen LogP contribution in [0.15, 0.2) is 18.2 Å². The Morgan fingerprint density at radius 2 is 2.14 bits per heavy atom. The van der Waals surface area contributed by atoms with Crippen molar-refractivity contribution in [3.8, 4) is 5.75 Å². The minimum Gasteiger partial charge on any atom is -0.491 e. The SMILES string of the molecule is CCCCNC(=O)CCc1ccc(OCCC(C)C)c(N)c1. The van der Waals surface area contributed by atoms with E-state index >= 15 is 0 Å². The van der Waals surface area contributed by atoms with Gasteiger partial charge in [0, 0.05) is 13.0 Å². The van der Waals surface area contributed by atoms with Crippen molar-refractivity contribution in [1.29, 1.82) is 0 Å². The number of nitrogen functional groups attached to an aromatic ring is 1. The summed E-state index contributed by atoms with van der Waals surface area (Å²) in [6.45, 7) is 7.89. The number of aryl methyl sites for hydroxylation is 1. The molecule has 0 radical (unpaired) electrons. The zero-order valence-electron chi connectivity index (χ0n) is 14.2. The number of nitrogens with one attached hydrogen (secondary N) is 1. The van der Waals surface area contributed by atoms with E-state index in [0.717, 1.165) is 37.1 Å². The van der Waals surface area contributed by atoms with Gasteiger partial charge in [-0.1, -0.05) is 33.3 Å². The van der Waals surface area contributed by atoms with Crippen LogP contribution in [-0.4, -0.2) is 19.1 Å². The van der Waals surface area contributed by atoms with Crippen LogP contribution >= 0.6 is 0 Å². The monoisotopic (exact) mass is 306 g/mol. The van der Waals surface area contributed by atoms with Gasteiger partial charge in [0.15, 0.2) is 0 Å². The first kappa shape index (κ1) is 18.3. The van der Waals surface area contributed by atoms with E-state index in [0.29, 0.717) is 31.1 Å². The summed E-state index contributed by atoms with van der Waals surface area (Å²) < 4.78 is 5.69. The molecule has 3 N–H and O–H groups in total. The van der Waals surface area contributed by atoms with Gasteiger partial charge in [0.2, 0.25) is 5.91 Å². The third-order valence-electron chi connectivity index (χ3n) is 3.52. The Labute approximate surface area is 134 Å². The molecule has 22 heavy (non-hydrogen) atoms. The maximum atomic E-state index is 11.7. The molecule has 0 aliphatic carbocycles. The molecular weight excluding hydrogens is 276 g/mol. The van der Waals surface area contributed by atoms with Crippen molar-refractivity contribution in [2.75, 3.05) is 18.9 Å². The molecule has 0 aliphatic heterocycles. The number of carbonyl (C=O) groups excluding carboxylic acids is 1. The number of hydrogen-bond acceptors (Lipinski definition) is 3. The molecule has 0 aromatic heterocycles. The minimum absolute atomic E-state index is 0.101. The van der Waals surface area contributed by atoms with Crippen molar-refractivity contribution in [1.82, 2.24) is 5.32 Å². The van der Waals surface area contributed by atoms with Crippen LogP contribution in [0.3, 0.4) is 0 Å². The van der Waals surface area contributed by atoms with E-state index in [1.165, 1.54) is 0 Å². The third kappa shape index (κ3) is 7.34. The van der Waals surface area contributed by atoms with Crippen molar-refractivity contribution >= 4 is 11.6 Å². The molecule has 1 aromatic rings. The minimum atomic E-state index is 0.101. The lowest BCUT2D eigenvalue weighted by atomic mass is 10.1. The lowest BCUT2D eigenvalue weighted by Gasteiger charge is -2.11. The first-order chi connectivity index (χ1) is 10.5. The molecule has 0 fully saturated rings. The van der Waals surface area contributed by atoms with Crippen LogP contribution in [0.1, 0.15) is 52.0 Å². The first-order valence-electron chi connectivity index (χ1n) is 8.30. The van der Waals surface area contributed by atoms with Crippen molar-refractivity contribution < 1.29 is 9.53 Å². The van der Waals surface area contributed by atoms with Crippen LogP contribution in [-0.2, 0) is 11.2 Å². The average Bonchev–Trinajstić information content (AvgIpc) is 2.47. The van der Waals surface area contributed by atoms with Crippen LogP contribution in [0.5, 0.6) is 5.75 Å². The number of ether oxygens (including phenoxy) is 1. The van der Waals surface area contributed by atoms with Gasteiger partial charge < -0.3 is 15.8 Å². The molecule has 0 unspecified atom stereocenters. The molecule has 124 valence electrons. The second-order valence-corrected chi connectivity index (χ2v) is 6.11. The van der Waals surface area contributed by atoms with Crippen molar-refractivity contribution in [2.45, 2.75) is 52.9 Å². The Balaban J connectivity index is 2.39. The number of benzene rings is 1. The Bertz CT molecular complexity index is 458. The van der Waals surface area contributed by atoms with Crippen molar-refractivity contribution in [2.24, 2.45) is 5.92 Å². The van der Waals surface area contributed by atoms with E-state index in [2.05, 4.69) is 26.1 Å². The van der Waals surface area contributed by atoms with Crippen LogP contribution in [0.25, 0.3) is 0 Å². The van der Waals surface area contributed by atoms with E-state index < -0.39 is 0 Å². The number of nitrogens with two attached hydrogens (primary N) is 1. The normalized spacial score (nSPS) is 10.7. The van der Waals surface area contributed by atoms with Gasteiger partial charge in [-0.3, -0.25) is 4.79 Å². The zero-order chi connectivity index (χ0) is 16.4. The van der Waals surface area contributed by atoms with Gasteiger partial charge in [-0.05, 0) is 42.9 Å². The highest BCUT2D eigenvalue weighted by Gasteiger charge is 2.05. The second-order valence-electron chi connectivity index (χ2n) is 6.11. The predicted octanol–water partition coefficient (Wildman–Crippen LogP) is 3.54. The highest BCUT2D eigenvalue weighted by Crippen LogP contribution is 2.23. The largest absolute Gasteiger partial charge is 0.491 e. The van der Waals surface area contributed by atoms with Gasteiger partial charge in [-0.15, -0.1) is 0 Å². The number of carbonyl (C=O) groups is 1. The van der Waals surface area contributed by atoms with Gasteiger partial charge in [0.1, 0.15) is 5.75 Å². The summed E-state index contributed by atoms with van der Waals surface area (Å²) in [5.74, 6) is 1.45. The maximum Gasteiger partial charge on any atom is 0.220 e. The van der Waals surface area contributed by atoms with E-state index in [1.807, 2.05) is 18.2 Å². The van der Waals surface area contributed by atoms with Crippen LogP contribution < -0.4 is 15.8 Å². The summed E-state index contributed by atoms with van der Waals surface area (Å²) in [4.78, 5) is 11.7. The smallest absolute Gasteiger partial charge is 0.220 e. The van der Waals surface area contributed by atoms with E-state index in [1.54, 1.807) is 0 Å². The summed E-state index contributed by atoms with van der Waals surface area (Å²) in [5, 5.41) is 2.92. The lowest BCUT2D eigenvalue weighted by Crippen LogP contribution is -2.24. The maximum absolute atomic E-state index is 11.7. The third-order valence-corrected chi connectivity index (χ3v) is 3.52. The van der Waals surface area contributed by atoms with E-state index in [4.69, 9.17) is 10.5 Å². The number of hydrogen-bond donors (Lipinski definition) is 2. The van der Waals surface area contributed by atoms with Crippen LogP contribution in [0.4, 0.5) is 5.69 Å². The topological polar surface area (TPSA) is 64.3 Å². The highest BCUT2D eigenvalue weighted by atomic mass is 16.5. The number of amides is 1. The fraction of sp³-hybridized carbons (Fsp3) is 0.611. The standard InChI is InChI=1S/C18H30N2O2/c1-4-5-11-20-18(21)9-7-15-6-8-17(16(19)13-15)22-12-10-14(2)3/h6,8,13-14H,4-5,7,9-12,19H2,1-3H3,(H,20,21). The van der Waals surface area contributed by atoms with E-state index in [9.17, 15) is 4.79 Å². The van der Waals surface area contributed by atoms with Crippen LogP contribution in [0.2, 0.25) is 0 Å². The summed E-state index contributed by atoms with van der Waals surface area (Å²) in [7, 11) is 0. The number of unbranched alkanes of at least 4 members (excludes halogenated alkanes) is 1. The molecule has 0 atom stereocenters. The fourth-order valence-corrected chi connectivity index (χ4v) is 2.04. The van der Waals surface area contributed by atoms with Crippen molar-refractivity contribution in [3.63, 3.8) is 0 Å². The molecule has 0 heterocycles. The number of rotatable bonds is 10. The molecule has 0 spiro atoms. The Morgan fingerprint density at radius 3 is 2.77 bits per heavy atom. The van der Waals surface area contributed by atoms with Gasteiger partial charge in [-0.2, -0.15) is 0 Å². The predicted molar refractivity (Wildman–Crippen MR) is 92.0 cm³/mol. The molecule has 1 aromatic carbocycles. The molecule has 0 bridgehead atoms. The lowest BCUT2D eigenvalue weighted by molar-refractivity contribution is -0.121. The van der Waals surface area contributed by atoms with Crippen LogP contribution in [0, 0.1) is 5.92 Å². The average molecular weight is 306 g/mol. The molecule has 4 heteroatoms. The first-order valence-corrected chi connectivity index (χ1v) is 8.30. The Kier molecular flexibility index (Phi) is 8.41. The van der Waals surface area contributed by atoms with Gasteiger partial charge in [-0.25, -0.2) is 0 Å². The fourth-order valence-electron chi connectivity index (χ4n) is 2.04. The molecule has 0 saturated carbocycles. The molecule has 1 rings (SSSR count). The Hall–Kier alpha value is -1.71. The molecule has 4 nitrogen and oxygen atoms in total. The molecule has 0 aliphatic rings. The number of anilines is 1. The molecule has 1 amide bonds. The second kappa shape index (κ2) is 10.1. The summed E-state index contributed by atoms with van der Waals surface area (Å²) in [5.41, 5.74) is 7.73. The summed E-state index contributed by atoms with van der Waals surface area (Å²) in [6.07, 6.45) is 4.33. The summed E-state index contributed by atoms with van der Waals surface area (Å²) in [6, 6.07) is 5.80. The van der Waals surface area contributed by atoms with Gasteiger partial charge in [0.25, 0.3) is 0 Å². The summed E-state index contributed by atoms with van der Waals surface area (Å²) >= 11 is 0. The highest BCUT2D eigenvalue weighted by molar-refractivity contribution is 5.76. The molecular formula is C18H30N2O2.